The van der Waals surface area contributed by atoms with Crippen LogP contribution in [0.3, 0.4) is 0 Å². The number of esters is 1. The largest absolute Gasteiger partial charge is 0.402 e. The average molecular weight is 258 g/mol. The summed E-state index contributed by atoms with van der Waals surface area (Å²) in [4.78, 5) is 12.0. The van der Waals surface area contributed by atoms with Gasteiger partial charge >= 0.3 is 5.97 Å². The van der Waals surface area contributed by atoms with Crippen molar-refractivity contribution >= 4 is 5.97 Å². The summed E-state index contributed by atoms with van der Waals surface area (Å²) in [5.41, 5.74) is -1.13. The zero-order valence-corrected chi connectivity index (χ0v) is 10.7. The molecule has 2 aromatic rings. The molecule has 0 fully saturated rings. The highest BCUT2D eigenvalue weighted by Gasteiger charge is 2.34. The summed E-state index contributed by atoms with van der Waals surface area (Å²) in [6, 6.07) is 14.3. The first-order valence-corrected chi connectivity index (χ1v) is 6.00. The molecule has 0 saturated carbocycles. The molecule has 0 spiro atoms. The summed E-state index contributed by atoms with van der Waals surface area (Å²) >= 11 is 0. The number of carbonyl (C=O) groups is 1. The Balaban J connectivity index is 2.03. The van der Waals surface area contributed by atoms with E-state index in [2.05, 4.69) is 0 Å². The van der Waals surface area contributed by atoms with Gasteiger partial charge in [-0.2, -0.15) is 4.57 Å². The lowest BCUT2D eigenvalue weighted by atomic mass is 9.96. The van der Waals surface area contributed by atoms with Gasteiger partial charge in [0.1, 0.15) is 0 Å². The van der Waals surface area contributed by atoms with Gasteiger partial charge in [0.15, 0.2) is 18.0 Å². The fraction of sp³-hybridized carbons (Fsp3) is 0.200. The molecule has 0 radical (unpaired) electrons. The zero-order valence-electron chi connectivity index (χ0n) is 10.7. The van der Waals surface area contributed by atoms with Gasteiger partial charge in [0.25, 0.3) is 6.73 Å². The lowest BCUT2D eigenvalue weighted by molar-refractivity contribution is -0.727. The Kier molecular flexibility index (Phi) is 3.92. The third-order valence-electron chi connectivity index (χ3n) is 2.86. The van der Waals surface area contributed by atoms with E-state index < -0.39 is 11.6 Å². The molecule has 0 bridgehead atoms. The van der Waals surface area contributed by atoms with E-state index in [1.54, 1.807) is 41.2 Å². The van der Waals surface area contributed by atoms with E-state index >= 15 is 0 Å². The molecule has 19 heavy (non-hydrogen) atoms. The molecular weight excluding hydrogens is 242 g/mol. The van der Waals surface area contributed by atoms with E-state index in [0.29, 0.717) is 5.56 Å². The molecule has 0 unspecified atom stereocenters. The third-order valence-corrected chi connectivity index (χ3v) is 2.86. The highest BCUT2D eigenvalue weighted by molar-refractivity contribution is 5.80. The van der Waals surface area contributed by atoms with Crippen molar-refractivity contribution in [3.05, 3.63) is 66.5 Å². The maximum absolute atomic E-state index is 12.0. The Bertz CT molecular complexity index is 538. The SMILES string of the molecule is C[C@](O)(C(=O)OC[n+]1ccccc1)c1ccccc1. The zero-order chi connectivity index (χ0) is 13.7. The Hall–Kier alpha value is -2.20. The number of ether oxygens (including phenoxy) is 1. The van der Waals surface area contributed by atoms with Gasteiger partial charge in [-0.05, 0) is 12.5 Å². The molecule has 4 nitrogen and oxygen atoms in total. The second-order valence-corrected chi connectivity index (χ2v) is 4.39. The van der Waals surface area contributed by atoms with Crippen LogP contribution in [0.15, 0.2) is 60.9 Å². The summed E-state index contributed by atoms with van der Waals surface area (Å²) in [5, 5.41) is 10.2. The molecule has 1 aromatic carbocycles. The Labute approximate surface area is 111 Å². The molecule has 0 aliphatic rings. The van der Waals surface area contributed by atoms with Crippen LogP contribution in [-0.4, -0.2) is 11.1 Å². The second-order valence-electron chi connectivity index (χ2n) is 4.39. The van der Waals surface area contributed by atoms with Crippen LogP contribution in [-0.2, 0) is 21.9 Å². The van der Waals surface area contributed by atoms with Gasteiger partial charge in [-0.1, -0.05) is 36.4 Å². The molecule has 1 atom stereocenters. The standard InChI is InChI=1S/C15H16NO3/c1-15(18,13-8-4-2-5-9-13)14(17)19-12-16-10-6-3-7-11-16/h2-11,18H,12H2,1H3/q+1/t15-/m1/s1. The number of hydrogen-bond donors (Lipinski definition) is 1. The summed E-state index contributed by atoms with van der Waals surface area (Å²) in [6.45, 7) is 1.50. The van der Waals surface area contributed by atoms with E-state index in [-0.39, 0.29) is 6.73 Å². The predicted octanol–water partition coefficient (Wildman–Crippen LogP) is 1.38. The maximum atomic E-state index is 12.0. The molecule has 0 saturated heterocycles. The third kappa shape index (κ3) is 3.17. The molecule has 2 rings (SSSR count). The topological polar surface area (TPSA) is 50.4 Å². The van der Waals surface area contributed by atoms with Crippen molar-refractivity contribution in [3.8, 4) is 0 Å². The molecule has 0 aliphatic carbocycles. The fourth-order valence-electron chi connectivity index (χ4n) is 1.67. The van der Waals surface area contributed by atoms with Crippen molar-refractivity contribution in [3.63, 3.8) is 0 Å². The smallest absolute Gasteiger partial charge is 0.347 e. The minimum Gasteiger partial charge on any atom is -0.402 e. The number of rotatable bonds is 4. The Morgan fingerprint density at radius 1 is 1.16 bits per heavy atom. The normalized spacial score (nSPS) is 13.6. The van der Waals surface area contributed by atoms with Crippen molar-refractivity contribution in [2.45, 2.75) is 19.3 Å². The van der Waals surface area contributed by atoms with Gasteiger partial charge in [-0.3, -0.25) is 0 Å². The minimum atomic E-state index is -1.64. The van der Waals surface area contributed by atoms with Crippen molar-refractivity contribution in [1.29, 1.82) is 0 Å². The van der Waals surface area contributed by atoms with Crippen LogP contribution in [0.2, 0.25) is 0 Å². The van der Waals surface area contributed by atoms with Crippen LogP contribution in [0.5, 0.6) is 0 Å². The average Bonchev–Trinajstić information content (AvgIpc) is 2.46. The molecule has 1 heterocycles. The molecule has 0 amide bonds. The molecule has 1 N–H and O–H groups in total. The monoisotopic (exact) mass is 258 g/mol. The predicted molar refractivity (Wildman–Crippen MR) is 68.7 cm³/mol. The number of carbonyl (C=O) groups excluding carboxylic acids is 1. The van der Waals surface area contributed by atoms with Gasteiger partial charge in [0.05, 0.1) is 0 Å². The van der Waals surface area contributed by atoms with E-state index in [1.807, 2.05) is 24.3 Å². The maximum Gasteiger partial charge on any atom is 0.347 e. The lowest BCUT2D eigenvalue weighted by Crippen LogP contribution is -2.40. The summed E-state index contributed by atoms with van der Waals surface area (Å²) in [7, 11) is 0. The molecule has 0 aliphatic heterocycles. The van der Waals surface area contributed by atoms with Crippen molar-refractivity contribution in [2.75, 3.05) is 0 Å². The van der Waals surface area contributed by atoms with Gasteiger partial charge < -0.3 is 9.84 Å². The van der Waals surface area contributed by atoms with Gasteiger partial charge in [-0.25, -0.2) is 4.79 Å². The van der Waals surface area contributed by atoms with Gasteiger partial charge in [0.2, 0.25) is 0 Å². The quantitative estimate of drug-likeness (QED) is 0.666. The van der Waals surface area contributed by atoms with Crippen molar-refractivity contribution in [1.82, 2.24) is 0 Å². The Morgan fingerprint density at radius 2 is 1.74 bits per heavy atom. The first-order valence-electron chi connectivity index (χ1n) is 6.00. The van der Waals surface area contributed by atoms with E-state index in [4.69, 9.17) is 4.74 Å². The Morgan fingerprint density at radius 3 is 2.37 bits per heavy atom. The molecule has 4 heteroatoms. The summed E-state index contributed by atoms with van der Waals surface area (Å²) in [6.07, 6.45) is 3.56. The second kappa shape index (κ2) is 5.63. The van der Waals surface area contributed by atoms with E-state index in [9.17, 15) is 9.90 Å². The van der Waals surface area contributed by atoms with Crippen LogP contribution >= 0.6 is 0 Å². The van der Waals surface area contributed by atoms with Crippen LogP contribution in [0.4, 0.5) is 0 Å². The van der Waals surface area contributed by atoms with Crippen LogP contribution < -0.4 is 4.57 Å². The van der Waals surface area contributed by atoms with Crippen LogP contribution in [0, 0.1) is 0 Å². The molecule has 1 aromatic heterocycles. The number of aromatic nitrogens is 1. The highest BCUT2D eigenvalue weighted by atomic mass is 16.6. The van der Waals surface area contributed by atoms with E-state index in [0.717, 1.165) is 0 Å². The fourth-order valence-corrected chi connectivity index (χ4v) is 1.67. The summed E-state index contributed by atoms with van der Waals surface area (Å²) < 4.78 is 6.83. The van der Waals surface area contributed by atoms with Crippen molar-refractivity contribution < 1.29 is 19.2 Å². The molecule has 98 valence electrons. The minimum absolute atomic E-state index is 0.0721. The van der Waals surface area contributed by atoms with Crippen LogP contribution in [0.1, 0.15) is 12.5 Å². The highest BCUT2D eigenvalue weighted by Crippen LogP contribution is 2.21. The molecular formula is C15H16NO3+. The number of pyridine rings is 1. The van der Waals surface area contributed by atoms with E-state index in [1.165, 1.54) is 6.92 Å². The number of aliphatic hydroxyl groups is 1. The first kappa shape index (κ1) is 13.2. The lowest BCUT2D eigenvalue weighted by Gasteiger charge is -2.20. The van der Waals surface area contributed by atoms with Gasteiger partial charge in [-0.15, -0.1) is 0 Å². The number of benzene rings is 1. The number of nitrogens with zero attached hydrogens (tertiary/aromatic N) is 1. The summed E-state index contributed by atoms with van der Waals surface area (Å²) in [5.74, 6) is -0.671. The van der Waals surface area contributed by atoms with Crippen LogP contribution in [0.25, 0.3) is 0 Å². The number of hydrogen-bond acceptors (Lipinski definition) is 3. The van der Waals surface area contributed by atoms with Crippen molar-refractivity contribution in [2.24, 2.45) is 0 Å². The first-order chi connectivity index (χ1) is 9.10. The van der Waals surface area contributed by atoms with Gasteiger partial charge in [0, 0.05) is 12.1 Å².